The van der Waals surface area contributed by atoms with Crippen molar-refractivity contribution in [2.75, 3.05) is 32.8 Å². The van der Waals surface area contributed by atoms with Crippen molar-refractivity contribution >= 4 is 0 Å². The molecule has 1 N–H and O–H groups in total. The molecule has 1 saturated heterocycles. The van der Waals surface area contributed by atoms with E-state index < -0.39 is 0 Å². The summed E-state index contributed by atoms with van der Waals surface area (Å²) >= 11 is 0. The summed E-state index contributed by atoms with van der Waals surface area (Å²) in [5, 5.41) is 3.44. The molecular weight excluding hydrogens is 200 g/mol. The highest BCUT2D eigenvalue weighted by atomic mass is 16.5. The van der Waals surface area contributed by atoms with Crippen molar-refractivity contribution in [1.82, 2.24) is 10.2 Å². The van der Waals surface area contributed by atoms with Crippen LogP contribution in [0.1, 0.15) is 6.92 Å². The summed E-state index contributed by atoms with van der Waals surface area (Å²) in [4.78, 5) is 2.45. The molecule has 0 amide bonds. The number of nitrogens with zero attached hydrogens (tertiary/aromatic N) is 1. The van der Waals surface area contributed by atoms with E-state index in [9.17, 15) is 0 Å². The third kappa shape index (κ3) is 3.51. The lowest BCUT2D eigenvalue weighted by Crippen LogP contribution is -2.50. The molecule has 1 aromatic rings. The van der Waals surface area contributed by atoms with Crippen LogP contribution in [0.2, 0.25) is 0 Å². The molecule has 0 bridgehead atoms. The Hall–Kier alpha value is -1.06. The largest absolute Gasteiger partial charge is 0.492 e. The van der Waals surface area contributed by atoms with Gasteiger partial charge in [0, 0.05) is 32.2 Å². The van der Waals surface area contributed by atoms with Crippen LogP contribution in [0.15, 0.2) is 30.3 Å². The topological polar surface area (TPSA) is 24.5 Å². The first-order valence-corrected chi connectivity index (χ1v) is 5.98. The minimum Gasteiger partial charge on any atom is -0.492 e. The number of ether oxygens (including phenoxy) is 1. The van der Waals surface area contributed by atoms with E-state index in [-0.39, 0.29) is 0 Å². The molecule has 1 fully saturated rings. The molecule has 3 heteroatoms. The Kier molecular flexibility index (Phi) is 4.19. The Labute approximate surface area is 97.4 Å². The van der Waals surface area contributed by atoms with Crippen molar-refractivity contribution in [3.8, 4) is 5.75 Å². The Bertz CT molecular complexity index is 302. The summed E-state index contributed by atoms with van der Waals surface area (Å²) in [5.41, 5.74) is 0. The van der Waals surface area contributed by atoms with Gasteiger partial charge in [0.2, 0.25) is 0 Å². The molecule has 1 aromatic carbocycles. The quantitative estimate of drug-likeness (QED) is 0.829. The number of nitrogens with one attached hydrogen (secondary N) is 1. The zero-order valence-corrected chi connectivity index (χ0v) is 9.86. The van der Waals surface area contributed by atoms with E-state index in [1.165, 1.54) is 0 Å². The normalized spacial score (nSPS) is 21.9. The van der Waals surface area contributed by atoms with Crippen molar-refractivity contribution in [3.63, 3.8) is 0 Å². The van der Waals surface area contributed by atoms with E-state index in [4.69, 9.17) is 4.74 Å². The van der Waals surface area contributed by atoms with E-state index in [1.807, 2.05) is 30.3 Å². The van der Waals surface area contributed by atoms with E-state index in [1.54, 1.807) is 0 Å². The first kappa shape index (κ1) is 11.4. The first-order chi connectivity index (χ1) is 7.84. The molecule has 0 aliphatic carbocycles. The summed E-state index contributed by atoms with van der Waals surface area (Å²) < 4.78 is 5.68. The van der Waals surface area contributed by atoms with Crippen molar-refractivity contribution < 1.29 is 4.74 Å². The van der Waals surface area contributed by atoms with Gasteiger partial charge in [0.25, 0.3) is 0 Å². The molecule has 1 aliphatic heterocycles. The smallest absolute Gasteiger partial charge is 0.119 e. The highest BCUT2D eigenvalue weighted by molar-refractivity contribution is 5.20. The van der Waals surface area contributed by atoms with Gasteiger partial charge in [0.15, 0.2) is 0 Å². The molecule has 1 unspecified atom stereocenters. The second-order valence-corrected chi connectivity index (χ2v) is 4.32. The molecule has 3 nitrogen and oxygen atoms in total. The first-order valence-electron chi connectivity index (χ1n) is 5.98. The SMILES string of the molecule is CC1CN(CCOc2ccccc2)CCN1. The van der Waals surface area contributed by atoms with Crippen molar-refractivity contribution in [1.29, 1.82) is 0 Å². The molecule has 0 radical (unpaired) electrons. The van der Waals surface area contributed by atoms with Gasteiger partial charge >= 0.3 is 0 Å². The summed E-state index contributed by atoms with van der Waals surface area (Å²) in [5.74, 6) is 0.964. The van der Waals surface area contributed by atoms with Crippen LogP contribution in [0.5, 0.6) is 5.75 Å². The van der Waals surface area contributed by atoms with Crippen LogP contribution >= 0.6 is 0 Å². The van der Waals surface area contributed by atoms with E-state index in [0.29, 0.717) is 6.04 Å². The van der Waals surface area contributed by atoms with Crippen LogP contribution in [-0.2, 0) is 0 Å². The van der Waals surface area contributed by atoms with Crippen molar-refractivity contribution in [3.05, 3.63) is 30.3 Å². The van der Waals surface area contributed by atoms with Crippen LogP contribution < -0.4 is 10.1 Å². The van der Waals surface area contributed by atoms with Crippen LogP contribution in [0.25, 0.3) is 0 Å². The Morgan fingerprint density at radius 2 is 2.19 bits per heavy atom. The fourth-order valence-corrected chi connectivity index (χ4v) is 2.02. The molecule has 1 aliphatic rings. The lowest BCUT2D eigenvalue weighted by Gasteiger charge is -2.31. The van der Waals surface area contributed by atoms with Gasteiger partial charge in [0.1, 0.15) is 12.4 Å². The zero-order valence-electron chi connectivity index (χ0n) is 9.86. The average molecular weight is 220 g/mol. The van der Waals surface area contributed by atoms with Crippen molar-refractivity contribution in [2.45, 2.75) is 13.0 Å². The molecule has 88 valence electrons. The van der Waals surface area contributed by atoms with E-state index >= 15 is 0 Å². The minimum atomic E-state index is 0.602. The standard InChI is InChI=1S/C13H20N2O/c1-12-11-15(8-7-14-12)9-10-16-13-5-3-2-4-6-13/h2-6,12,14H,7-11H2,1H3. The van der Waals surface area contributed by atoms with Crippen LogP contribution in [0, 0.1) is 0 Å². The third-order valence-corrected chi connectivity index (χ3v) is 2.87. The van der Waals surface area contributed by atoms with Crippen LogP contribution in [-0.4, -0.2) is 43.7 Å². The van der Waals surface area contributed by atoms with Gasteiger partial charge in [0.05, 0.1) is 0 Å². The molecule has 16 heavy (non-hydrogen) atoms. The van der Waals surface area contributed by atoms with Gasteiger partial charge in [-0.15, -0.1) is 0 Å². The predicted molar refractivity (Wildman–Crippen MR) is 65.8 cm³/mol. The average Bonchev–Trinajstić information content (AvgIpc) is 2.30. The number of hydrogen-bond donors (Lipinski definition) is 1. The second-order valence-electron chi connectivity index (χ2n) is 4.32. The maximum atomic E-state index is 5.68. The van der Waals surface area contributed by atoms with Crippen LogP contribution in [0.3, 0.4) is 0 Å². The Balaban J connectivity index is 1.68. The monoisotopic (exact) mass is 220 g/mol. The van der Waals surface area contributed by atoms with Gasteiger partial charge in [-0.25, -0.2) is 0 Å². The molecule has 0 saturated carbocycles. The lowest BCUT2D eigenvalue weighted by molar-refractivity contribution is 0.170. The van der Waals surface area contributed by atoms with Gasteiger partial charge in [-0.1, -0.05) is 18.2 Å². The van der Waals surface area contributed by atoms with E-state index in [0.717, 1.165) is 38.5 Å². The highest BCUT2D eigenvalue weighted by Gasteiger charge is 2.14. The second kappa shape index (κ2) is 5.87. The number of benzene rings is 1. The molecule has 2 rings (SSSR count). The number of para-hydroxylation sites is 1. The Morgan fingerprint density at radius 1 is 1.38 bits per heavy atom. The number of rotatable bonds is 4. The molecule has 1 heterocycles. The molecule has 1 atom stereocenters. The maximum Gasteiger partial charge on any atom is 0.119 e. The highest BCUT2D eigenvalue weighted by Crippen LogP contribution is 2.08. The number of piperazine rings is 1. The van der Waals surface area contributed by atoms with Crippen molar-refractivity contribution in [2.24, 2.45) is 0 Å². The molecular formula is C13H20N2O. The molecule has 0 spiro atoms. The fourth-order valence-electron chi connectivity index (χ4n) is 2.02. The number of hydrogen-bond acceptors (Lipinski definition) is 3. The summed E-state index contributed by atoms with van der Waals surface area (Å²) in [7, 11) is 0. The van der Waals surface area contributed by atoms with Crippen LogP contribution in [0.4, 0.5) is 0 Å². The Morgan fingerprint density at radius 3 is 2.94 bits per heavy atom. The van der Waals surface area contributed by atoms with Gasteiger partial charge in [-0.05, 0) is 19.1 Å². The minimum absolute atomic E-state index is 0.602. The predicted octanol–water partition coefficient (Wildman–Crippen LogP) is 1.36. The third-order valence-electron chi connectivity index (χ3n) is 2.87. The summed E-state index contributed by atoms with van der Waals surface area (Å²) in [6, 6.07) is 10.6. The lowest BCUT2D eigenvalue weighted by atomic mass is 10.2. The van der Waals surface area contributed by atoms with Gasteiger partial charge < -0.3 is 10.1 Å². The summed E-state index contributed by atoms with van der Waals surface area (Å²) in [6.07, 6.45) is 0. The van der Waals surface area contributed by atoms with Gasteiger partial charge in [-0.3, -0.25) is 4.90 Å². The summed E-state index contributed by atoms with van der Waals surface area (Å²) in [6.45, 7) is 7.36. The fraction of sp³-hybridized carbons (Fsp3) is 0.538. The zero-order chi connectivity index (χ0) is 11.2. The molecule has 0 aromatic heterocycles. The van der Waals surface area contributed by atoms with E-state index in [2.05, 4.69) is 17.1 Å². The van der Waals surface area contributed by atoms with Gasteiger partial charge in [-0.2, -0.15) is 0 Å². The maximum absolute atomic E-state index is 5.68.